The van der Waals surface area contributed by atoms with Gasteiger partial charge in [0.1, 0.15) is 5.82 Å². The number of sulfonamides is 1. The molecular weight excluding hydrogens is 427 g/mol. The van der Waals surface area contributed by atoms with Gasteiger partial charge in [-0.1, -0.05) is 6.07 Å². The lowest BCUT2D eigenvalue weighted by molar-refractivity contribution is 0.103. The molecule has 0 saturated heterocycles. The summed E-state index contributed by atoms with van der Waals surface area (Å²) in [5.74, 6) is -0.799. The Morgan fingerprint density at radius 3 is 2.40 bits per heavy atom. The average Bonchev–Trinajstić information content (AvgIpc) is 3.07. The van der Waals surface area contributed by atoms with Crippen LogP contribution in [0.1, 0.15) is 15.2 Å². The largest absolute Gasteiger partial charge is 0.321 e. The van der Waals surface area contributed by atoms with Crippen molar-refractivity contribution < 1.29 is 17.6 Å². The molecule has 0 fully saturated rings. The van der Waals surface area contributed by atoms with Crippen molar-refractivity contribution in [1.82, 2.24) is 9.97 Å². The number of aromatic nitrogens is 2. The van der Waals surface area contributed by atoms with Crippen LogP contribution in [0.15, 0.2) is 65.8 Å². The van der Waals surface area contributed by atoms with Crippen molar-refractivity contribution in [2.24, 2.45) is 0 Å². The first-order valence-corrected chi connectivity index (χ1v) is 11.0. The molecule has 0 aliphatic carbocycles. The normalized spacial score (nSPS) is 11.4. The van der Waals surface area contributed by atoms with Crippen molar-refractivity contribution in [2.45, 2.75) is 11.8 Å². The van der Waals surface area contributed by atoms with Crippen molar-refractivity contribution in [3.63, 3.8) is 0 Å². The van der Waals surface area contributed by atoms with Crippen molar-refractivity contribution in [1.29, 1.82) is 0 Å². The number of hydrogen-bond donors (Lipinski definition) is 2. The second-order valence-electron chi connectivity index (χ2n) is 6.33. The predicted molar refractivity (Wildman–Crippen MR) is 114 cm³/mol. The molecule has 0 aliphatic heterocycles. The number of hydrogen-bond acceptors (Lipinski definition) is 6. The molecule has 10 heteroatoms. The zero-order chi connectivity index (χ0) is 21.3. The van der Waals surface area contributed by atoms with Crippen LogP contribution in [0.2, 0.25) is 0 Å². The highest BCUT2D eigenvalue weighted by Crippen LogP contribution is 2.33. The number of nitrogens with one attached hydrogen (secondary N) is 2. The van der Waals surface area contributed by atoms with E-state index in [1.54, 1.807) is 25.1 Å². The van der Waals surface area contributed by atoms with Gasteiger partial charge in [-0.05, 0) is 55.0 Å². The summed E-state index contributed by atoms with van der Waals surface area (Å²) >= 11 is 1.20. The highest BCUT2D eigenvalue weighted by Gasteiger charge is 2.19. The van der Waals surface area contributed by atoms with Crippen molar-refractivity contribution in [2.75, 3.05) is 10.0 Å². The minimum atomic E-state index is -3.87. The van der Waals surface area contributed by atoms with E-state index in [1.807, 2.05) is 0 Å². The number of thiophene rings is 1. The highest BCUT2D eigenvalue weighted by molar-refractivity contribution is 7.92. The van der Waals surface area contributed by atoms with Gasteiger partial charge < -0.3 is 5.32 Å². The summed E-state index contributed by atoms with van der Waals surface area (Å²) < 4.78 is 41.9. The van der Waals surface area contributed by atoms with Crippen molar-refractivity contribution >= 4 is 49.0 Å². The van der Waals surface area contributed by atoms with Crippen LogP contribution < -0.4 is 10.0 Å². The van der Waals surface area contributed by atoms with Crippen molar-refractivity contribution in [3.05, 3.63) is 77.2 Å². The molecule has 152 valence electrons. The van der Waals surface area contributed by atoms with Crippen LogP contribution >= 0.6 is 11.3 Å². The summed E-state index contributed by atoms with van der Waals surface area (Å²) in [4.78, 5) is 20.7. The molecule has 0 radical (unpaired) electrons. The minimum absolute atomic E-state index is 0.00642. The van der Waals surface area contributed by atoms with E-state index in [0.717, 1.165) is 0 Å². The monoisotopic (exact) mass is 442 g/mol. The van der Waals surface area contributed by atoms with Crippen LogP contribution in [0.5, 0.6) is 0 Å². The summed E-state index contributed by atoms with van der Waals surface area (Å²) in [5.41, 5.74) is 0.976. The van der Waals surface area contributed by atoms with E-state index >= 15 is 0 Å². The molecule has 30 heavy (non-hydrogen) atoms. The fourth-order valence-electron chi connectivity index (χ4n) is 2.91. The van der Waals surface area contributed by atoms with Gasteiger partial charge in [-0.2, -0.15) is 0 Å². The Morgan fingerprint density at radius 1 is 1.03 bits per heavy atom. The van der Waals surface area contributed by atoms with Crippen LogP contribution in [0.4, 0.5) is 16.0 Å². The minimum Gasteiger partial charge on any atom is -0.321 e. The number of rotatable bonds is 5. The molecule has 0 atom stereocenters. The van der Waals surface area contributed by atoms with Gasteiger partial charge >= 0.3 is 0 Å². The lowest BCUT2D eigenvalue weighted by atomic mass is 10.1. The number of halogens is 1. The number of amides is 1. The van der Waals surface area contributed by atoms with E-state index in [0.29, 0.717) is 26.2 Å². The highest BCUT2D eigenvalue weighted by atomic mass is 32.2. The molecule has 0 saturated carbocycles. The van der Waals surface area contributed by atoms with E-state index in [9.17, 15) is 17.6 Å². The zero-order valence-corrected chi connectivity index (χ0v) is 17.2. The Kier molecular flexibility index (Phi) is 5.18. The number of anilines is 2. The third-order valence-electron chi connectivity index (χ3n) is 4.32. The second kappa shape index (κ2) is 7.81. The summed E-state index contributed by atoms with van der Waals surface area (Å²) in [6.45, 7) is 1.70. The average molecular weight is 442 g/mol. The van der Waals surface area contributed by atoms with Gasteiger partial charge in [0.05, 0.1) is 9.77 Å². The number of carbonyl (C=O) groups excluding carboxylic acids is 1. The Bertz CT molecular complexity index is 1340. The topological polar surface area (TPSA) is 101 Å². The first-order chi connectivity index (χ1) is 14.3. The molecule has 2 N–H and O–H groups in total. The fraction of sp³-hybridized carbons (Fsp3) is 0.0500. The lowest BCUT2D eigenvalue weighted by Crippen LogP contribution is -2.15. The van der Waals surface area contributed by atoms with E-state index < -0.39 is 10.0 Å². The van der Waals surface area contributed by atoms with Crippen molar-refractivity contribution in [3.8, 4) is 0 Å². The van der Waals surface area contributed by atoms with Crippen LogP contribution in [0.3, 0.4) is 0 Å². The van der Waals surface area contributed by atoms with E-state index in [1.165, 1.54) is 54.1 Å². The molecule has 0 bridgehead atoms. The summed E-state index contributed by atoms with van der Waals surface area (Å²) in [6.07, 6.45) is 2.84. The molecule has 2 aromatic carbocycles. The fourth-order valence-corrected chi connectivity index (χ4v) is 4.98. The second-order valence-corrected chi connectivity index (χ2v) is 9.06. The quantitative estimate of drug-likeness (QED) is 0.483. The van der Waals surface area contributed by atoms with Gasteiger partial charge in [0, 0.05) is 28.2 Å². The first kappa shape index (κ1) is 19.9. The summed E-state index contributed by atoms with van der Waals surface area (Å²) in [7, 11) is -3.87. The first-order valence-electron chi connectivity index (χ1n) is 8.74. The molecule has 4 rings (SSSR count). The molecule has 2 heterocycles. The maximum atomic E-state index is 14.1. The van der Waals surface area contributed by atoms with Gasteiger partial charge in [0.15, 0.2) is 0 Å². The molecule has 2 aromatic heterocycles. The molecule has 0 aliphatic rings. The van der Waals surface area contributed by atoms with Crippen LogP contribution in [0.25, 0.3) is 10.1 Å². The Labute approximate surface area is 175 Å². The van der Waals surface area contributed by atoms with Gasteiger partial charge in [-0.25, -0.2) is 27.5 Å². The van der Waals surface area contributed by atoms with E-state index in [2.05, 4.69) is 20.0 Å². The Hall–Kier alpha value is -3.37. The SMILES string of the molecule is Cc1c(C(=O)Nc2ccc(S(=O)(=O)Nc3ncccn3)cc2)sc2cccc(F)c12. The molecular formula is C20H15FN4O3S2. The molecule has 4 aromatic rings. The van der Waals surface area contributed by atoms with E-state index in [4.69, 9.17) is 0 Å². The van der Waals surface area contributed by atoms with Gasteiger partial charge in [0.2, 0.25) is 5.95 Å². The molecule has 0 spiro atoms. The Balaban J connectivity index is 1.53. The smallest absolute Gasteiger partial charge is 0.266 e. The number of fused-ring (bicyclic) bond motifs is 1. The third kappa shape index (κ3) is 3.87. The summed E-state index contributed by atoms with van der Waals surface area (Å²) in [6, 6.07) is 12.0. The number of carbonyl (C=O) groups is 1. The lowest BCUT2D eigenvalue weighted by Gasteiger charge is -2.08. The maximum Gasteiger partial charge on any atom is 0.266 e. The zero-order valence-electron chi connectivity index (χ0n) is 15.6. The molecule has 0 unspecified atom stereocenters. The third-order valence-corrected chi connectivity index (χ3v) is 6.92. The predicted octanol–water partition coefficient (Wildman–Crippen LogP) is 4.19. The van der Waals surface area contributed by atoms with E-state index in [-0.39, 0.29) is 22.6 Å². The number of aryl methyl sites for hydroxylation is 1. The van der Waals surface area contributed by atoms with Gasteiger partial charge in [-0.15, -0.1) is 11.3 Å². The van der Waals surface area contributed by atoms with Gasteiger partial charge in [-0.3, -0.25) is 4.79 Å². The summed E-state index contributed by atoms with van der Waals surface area (Å²) in [5, 5.41) is 3.15. The van der Waals surface area contributed by atoms with Gasteiger partial charge in [0.25, 0.3) is 15.9 Å². The van der Waals surface area contributed by atoms with Crippen LogP contribution in [-0.2, 0) is 10.0 Å². The standard InChI is InChI=1S/C20H15FN4O3S2/c1-12-17-15(21)4-2-5-16(17)29-18(12)19(26)24-13-6-8-14(9-7-13)30(27,28)25-20-22-10-3-11-23-20/h2-11H,1H3,(H,24,26)(H,22,23,25). The maximum absolute atomic E-state index is 14.1. The number of nitrogens with zero attached hydrogens (tertiary/aromatic N) is 2. The van der Waals surface area contributed by atoms with Crippen LogP contribution in [-0.4, -0.2) is 24.3 Å². The van der Waals surface area contributed by atoms with Crippen LogP contribution in [0, 0.1) is 12.7 Å². The molecule has 1 amide bonds. The Morgan fingerprint density at radius 2 is 1.73 bits per heavy atom. The number of benzene rings is 2. The molecule has 7 nitrogen and oxygen atoms in total.